The SMILES string of the molecule is O=C(C1CCS(=O)(=O)CC1)N1CC[C@H](c2ccc(F)cc2)C1. The fourth-order valence-corrected chi connectivity index (χ4v) is 4.85. The van der Waals surface area contributed by atoms with Crippen molar-refractivity contribution in [3.05, 3.63) is 35.6 Å². The molecule has 3 rings (SSSR count). The minimum absolute atomic E-state index is 0.0829. The molecule has 2 heterocycles. The van der Waals surface area contributed by atoms with Gasteiger partial charge in [0.25, 0.3) is 0 Å². The second-order valence-corrected chi connectivity index (χ2v) is 8.55. The van der Waals surface area contributed by atoms with Gasteiger partial charge in [0.2, 0.25) is 5.91 Å². The summed E-state index contributed by atoms with van der Waals surface area (Å²) in [5, 5.41) is 0. The van der Waals surface area contributed by atoms with Crippen LogP contribution in [0.5, 0.6) is 0 Å². The van der Waals surface area contributed by atoms with E-state index in [1.165, 1.54) is 12.1 Å². The van der Waals surface area contributed by atoms with Crippen molar-refractivity contribution in [2.45, 2.75) is 25.2 Å². The van der Waals surface area contributed by atoms with Gasteiger partial charge < -0.3 is 4.90 Å². The van der Waals surface area contributed by atoms with E-state index in [-0.39, 0.29) is 35.1 Å². The maximum Gasteiger partial charge on any atom is 0.225 e. The van der Waals surface area contributed by atoms with Crippen LogP contribution in [-0.2, 0) is 14.6 Å². The van der Waals surface area contributed by atoms with Crippen molar-refractivity contribution in [1.82, 2.24) is 4.90 Å². The van der Waals surface area contributed by atoms with Crippen molar-refractivity contribution >= 4 is 15.7 Å². The smallest absolute Gasteiger partial charge is 0.225 e. The second kappa shape index (κ2) is 5.99. The molecule has 0 aliphatic carbocycles. The van der Waals surface area contributed by atoms with Crippen molar-refractivity contribution in [3.8, 4) is 0 Å². The van der Waals surface area contributed by atoms with E-state index in [1.807, 2.05) is 4.90 Å². The Morgan fingerprint density at radius 2 is 1.73 bits per heavy atom. The molecule has 2 fully saturated rings. The molecule has 120 valence electrons. The highest BCUT2D eigenvalue weighted by molar-refractivity contribution is 7.91. The molecule has 2 aliphatic rings. The first-order valence-electron chi connectivity index (χ1n) is 7.69. The third kappa shape index (κ3) is 3.32. The molecule has 0 N–H and O–H groups in total. The Labute approximate surface area is 130 Å². The summed E-state index contributed by atoms with van der Waals surface area (Å²) in [4.78, 5) is 14.4. The van der Waals surface area contributed by atoms with E-state index in [2.05, 4.69) is 0 Å². The zero-order valence-corrected chi connectivity index (χ0v) is 13.2. The molecule has 0 radical (unpaired) electrons. The van der Waals surface area contributed by atoms with E-state index in [0.717, 1.165) is 12.0 Å². The standard InChI is InChI=1S/C16H20FNO3S/c17-15-3-1-12(2-4-15)14-5-8-18(11-14)16(19)13-6-9-22(20,21)10-7-13/h1-4,13-14H,5-11H2/t14-/m0/s1. The van der Waals surface area contributed by atoms with Gasteiger partial charge in [0, 0.05) is 24.9 Å². The number of carbonyl (C=O) groups is 1. The molecule has 0 aromatic heterocycles. The van der Waals surface area contributed by atoms with Crippen LogP contribution < -0.4 is 0 Å². The zero-order chi connectivity index (χ0) is 15.7. The summed E-state index contributed by atoms with van der Waals surface area (Å²) < 4.78 is 35.9. The molecule has 2 aliphatic heterocycles. The van der Waals surface area contributed by atoms with Crippen molar-refractivity contribution in [1.29, 1.82) is 0 Å². The molecule has 1 amide bonds. The Kier molecular flexibility index (Phi) is 4.21. The van der Waals surface area contributed by atoms with Gasteiger partial charge in [0.05, 0.1) is 11.5 Å². The highest BCUT2D eigenvalue weighted by atomic mass is 32.2. The maximum atomic E-state index is 13.0. The van der Waals surface area contributed by atoms with Gasteiger partial charge in [-0.25, -0.2) is 12.8 Å². The van der Waals surface area contributed by atoms with E-state index in [0.29, 0.717) is 25.9 Å². The molecule has 1 atom stereocenters. The van der Waals surface area contributed by atoms with Gasteiger partial charge in [-0.15, -0.1) is 0 Å². The first-order chi connectivity index (χ1) is 10.4. The number of rotatable bonds is 2. The number of likely N-dealkylation sites (tertiary alicyclic amines) is 1. The van der Waals surface area contributed by atoms with Crippen LogP contribution >= 0.6 is 0 Å². The van der Waals surface area contributed by atoms with E-state index in [4.69, 9.17) is 0 Å². The summed E-state index contributed by atoms with van der Waals surface area (Å²) in [5.41, 5.74) is 1.06. The largest absolute Gasteiger partial charge is 0.342 e. The van der Waals surface area contributed by atoms with Crippen LogP contribution in [0.1, 0.15) is 30.7 Å². The zero-order valence-electron chi connectivity index (χ0n) is 12.4. The lowest BCUT2D eigenvalue weighted by atomic mass is 9.98. The first-order valence-corrected chi connectivity index (χ1v) is 9.51. The number of benzene rings is 1. The Hall–Kier alpha value is -1.43. The third-order valence-corrected chi connectivity index (χ3v) is 6.46. The van der Waals surface area contributed by atoms with Crippen LogP contribution in [0.2, 0.25) is 0 Å². The average Bonchev–Trinajstić information content (AvgIpc) is 2.97. The summed E-state index contributed by atoms with van der Waals surface area (Å²) in [5.74, 6) is 0.169. The van der Waals surface area contributed by atoms with Crippen LogP contribution in [0.4, 0.5) is 4.39 Å². The Morgan fingerprint density at radius 3 is 2.36 bits per heavy atom. The molecule has 2 saturated heterocycles. The van der Waals surface area contributed by atoms with Gasteiger partial charge in [-0.1, -0.05) is 12.1 Å². The van der Waals surface area contributed by atoms with Crippen molar-refractivity contribution < 1.29 is 17.6 Å². The lowest BCUT2D eigenvalue weighted by Crippen LogP contribution is -2.38. The molecule has 0 bridgehead atoms. The highest BCUT2D eigenvalue weighted by Gasteiger charge is 2.34. The summed E-state index contributed by atoms with van der Waals surface area (Å²) in [7, 11) is -2.94. The van der Waals surface area contributed by atoms with E-state index in [1.54, 1.807) is 12.1 Å². The fourth-order valence-electron chi connectivity index (χ4n) is 3.36. The molecule has 0 unspecified atom stereocenters. The first kappa shape index (κ1) is 15.5. The van der Waals surface area contributed by atoms with Gasteiger partial charge in [0.15, 0.2) is 0 Å². The summed E-state index contributed by atoms with van der Waals surface area (Å²) in [6.07, 6.45) is 1.76. The lowest BCUT2D eigenvalue weighted by Gasteiger charge is -2.26. The molecule has 0 spiro atoms. The van der Waals surface area contributed by atoms with Crippen LogP contribution in [0, 0.1) is 11.7 Å². The number of carbonyl (C=O) groups excluding carboxylic acids is 1. The van der Waals surface area contributed by atoms with E-state index < -0.39 is 9.84 Å². The van der Waals surface area contributed by atoms with Crippen LogP contribution in [0.3, 0.4) is 0 Å². The third-order valence-electron chi connectivity index (χ3n) is 4.75. The van der Waals surface area contributed by atoms with Gasteiger partial charge in [-0.2, -0.15) is 0 Å². The number of hydrogen-bond donors (Lipinski definition) is 0. The number of hydrogen-bond acceptors (Lipinski definition) is 3. The van der Waals surface area contributed by atoms with Crippen molar-refractivity contribution in [2.75, 3.05) is 24.6 Å². The van der Waals surface area contributed by atoms with Gasteiger partial charge >= 0.3 is 0 Å². The normalized spacial score (nSPS) is 25.3. The molecule has 1 aromatic carbocycles. The monoisotopic (exact) mass is 325 g/mol. The lowest BCUT2D eigenvalue weighted by molar-refractivity contribution is -0.134. The number of amides is 1. The Bertz CT molecular complexity index is 642. The van der Waals surface area contributed by atoms with Gasteiger partial charge in [-0.05, 0) is 37.0 Å². The topological polar surface area (TPSA) is 54.5 Å². The van der Waals surface area contributed by atoms with Gasteiger partial charge in [0.1, 0.15) is 15.7 Å². The van der Waals surface area contributed by atoms with Crippen LogP contribution in [0.15, 0.2) is 24.3 Å². The fraction of sp³-hybridized carbons (Fsp3) is 0.562. The average molecular weight is 325 g/mol. The van der Waals surface area contributed by atoms with E-state index >= 15 is 0 Å². The van der Waals surface area contributed by atoms with Gasteiger partial charge in [-0.3, -0.25) is 4.79 Å². The summed E-state index contributed by atoms with van der Waals surface area (Å²) >= 11 is 0. The second-order valence-electron chi connectivity index (χ2n) is 6.25. The predicted molar refractivity (Wildman–Crippen MR) is 81.7 cm³/mol. The molecule has 6 heteroatoms. The molecule has 4 nitrogen and oxygen atoms in total. The molecular weight excluding hydrogens is 305 g/mol. The Morgan fingerprint density at radius 1 is 1.09 bits per heavy atom. The Balaban J connectivity index is 1.60. The van der Waals surface area contributed by atoms with Crippen molar-refractivity contribution in [2.24, 2.45) is 5.92 Å². The number of halogens is 1. The number of sulfone groups is 1. The minimum Gasteiger partial charge on any atom is -0.342 e. The summed E-state index contributed by atoms with van der Waals surface area (Å²) in [6, 6.07) is 6.46. The number of nitrogens with zero attached hydrogens (tertiary/aromatic N) is 1. The molecule has 22 heavy (non-hydrogen) atoms. The van der Waals surface area contributed by atoms with E-state index in [9.17, 15) is 17.6 Å². The molecule has 0 saturated carbocycles. The highest BCUT2D eigenvalue weighted by Crippen LogP contribution is 2.30. The van der Waals surface area contributed by atoms with Crippen LogP contribution in [0.25, 0.3) is 0 Å². The predicted octanol–water partition coefficient (Wildman–Crippen LogP) is 1.97. The maximum absolute atomic E-state index is 13.0. The molecule has 1 aromatic rings. The quantitative estimate of drug-likeness (QED) is 0.835. The van der Waals surface area contributed by atoms with Crippen LogP contribution in [-0.4, -0.2) is 43.8 Å². The van der Waals surface area contributed by atoms with Crippen molar-refractivity contribution in [3.63, 3.8) is 0 Å². The summed E-state index contributed by atoms with van der Waals surface area (Å²) in [6.45, 7) is 1.35. The molecular formula is C16H20FNO3S. The minimum atomic E-state index is -2.94.